The zero-order valence-electron chi connectivity index (χ0n) is 11.5. The summed E-state index contributed by atoms with van der Waals surface area (Å²) in [5.41, 5.74) is 0. The molecule has 0 aliphatic heterocycles. The van der Waals surface area contributed by atoms with Gasteiger partial charge in [0.25, 0.3) is 0 Å². The third kappa shape index (κ3) is 3.30. The Kier molecular flexibility index (Phi) is 4.07. The summed E-state index contributed by atoms with van der Waals surface area (Å²) in [7, 11) is 0. The molecule has 2 saturated carbocycles. The van der Waals surface area contributed by atoms with E-state index >= 15 is 0 Å². The van der Waals surface area contributed by atoms with Gasteiger partial charge in [-0.15, -0.1) is 0 Å². The number of fused-ring (bicyclic) bond motifs is 2. The van der Waals surface area contributed by atoms with Crippen molar-refractivity contribution in [1.82, 2.24) is 0 Å². The van der Waals surface area contributed by atoms with Crippen LogP contribution in [0.3, 0.4) is 0 Å². The van der Waals surface area contributed by atoms with Crippen molar-refractivity contribution in [3.8, 4) is 5.75 Å². The Morgan fingerprint density at radius 3 is 2.68 bits per heavy atom. The van der Waals surface area contributed by atoms with E-state index in [4.69, 9.17) is 4.74 Å². The van der Waals surface area contributed by atoms with E-state index in [2.05, 4.69) is 0 Å². The average molecular weight is 260 g/mol. The molecule has 0 amide bonds. The number of benzene rings is 1. The van der Waals surface area contributed by atoms with Crippen LogP contribution in [0, 0.1) is 17.8 Å². The highest BCUT2D eigenvalue weighted by Gasteiger charge is 2.39. The second kappa shape index (κ2) is 5.96. The van der Waals surface area contributed by atoms with Gasteiger partial charge in [-0.25, -0.2) is 0 Å². The number of hydrogen-bond acceptors (Lipinski definition) is 2. The first-order valence-corrected chi connectivity index (χ1v) is 7.67. The normalized spacial score (nSPS) is 30.5. The lowest BCUT2D eigenvalue weighted by Gasteiger charge is -2.24. The third-order valence-electron chi connectivity index (χ3n) is 4.92. The van der Waals surface area contributed by atoms with Crippen molar-refractivity contribution in [2.24, 2.45) is 17.8 Å². The lowest BCUT2D eigenvalue weighted by Crippen LogP contribution is -2.20. The number of aliphatic hydroxyl groups excluding tert-OH is 1. The molecule has 2 nitrogen and oxygen atoms in total. The summed E-state index contributed by atoms with van der Waals surface area (Å²) in [5.74, 6) is 3.57. The lowest BCUT2D eigenvalue weighted by atomic mass is 9.84. The lowest BCUT2D eigenvalue weighted by molar-refractivity contribution is 0.100. The topological polar surface area (TPSA) is 29.5 Å². The first kappa shape index (κ1) is 13.0. The Morgan fingerprint density at radius 1 is 1.16 bits per heavy atom. The van der Waals surface area contributed by atoms with Gasteiger partial charge in [0.05, 0.1) is 12.7 Å². The molecule has 2 aliphatic rings. The van der Waals surface area contributed by atoms with Gasteiger partial charge in [0, 0.05) is 6.42 Å². The molecule has 0 radical (unpaired) electrons. The molecule has 4 atom stereocenters. The van der Waals surface area contributed by atoms with Crippen molar-refractivity contribution < 1.29 is 9.84 Å². The van der Waals surface area contributed by atoms with Gasteiger partial charge < -0.3 is 9.84 Å². The van der Waals surface area contributed by atoms with E-state index in [-0.39, 0.29) is 6.10 Å². The number of rotatable bonds is 6. The van der Waals surface area contributed by atoms with E-state index < -0.39 is 0 Å². The highest BCUT2D eigenvalue weighted by atomic mass is 16.5. The third-order valence-corrected chi connectivity index (χ3v) is 4.92. The van der Waals surface area contributed by atoms with E-state index in [0.717, 1.165) is 36.3 Å². The zero-order valence-corrected chi connectivity index (χ0v) is 11.5. The summed E-state index contributed by atoms with van der Waals surface area (Å²) in [5, 5.41) is 10.1. The average Bonchev–Trinajstić information content (AvgIpc) is 3.02. The van der Waals surface area contributed by atoms with Crippen LogP contribution in [0.25, 0.3) is 0 Å². The van der Waals surface area contributed by atoms with Crippen LogP contribution in [0.4, 0.5) is 0 Å². The molecule has 0 aromatic heterocycles. The standard InChI is InChI=1S/C17H24O2/c18-16(8-9-19-17-4-2-1-3-5-17)12-15-11-13-6-7-14(15)10-13/h1-5,13-16,18H,6-12H2. The smallest absolute Gasteiger partial charge is 0.119 e. The maximum Gasteiger partial charge on any atom is 0.119 e. The summed E-state index contributed by atoms with van der Waals surface area (Å²) in [6.45, 7) is 0.617. The molecule has 1 aromatic carbocycles. The summed E-state index contributed by atoms with van der Waals surface area (Å²) in [4.78, 5) is 0. The number of para-hydroxylation sites is 1. The first-order chi connectivity index (χ1) is 9.31. The molecule has 3 rings (SSSR count). The van der Waals surface area contributed by atoms with Crippen molar-refractivity contribution in [2.75, 3.05) is 6.61 Å². The summed E-state index contributed by atoms with van der Waals surface area (Å²) in [6.07, 6.45) is 7.19. The van der Waals surface area contributed by atoms with Crippen molar-refractivity contribution in [1.29, 1.82) is 0 Å². The molecule has 1 N–H and O–H groups in total. The van der Waals surface area contributed by atoms with Crippen LogP contribution in [0.2, 0.25) is 0 Å². The molecule has 104 valence electrons. The second-order valence-corrected chi connectivity index (χ2v) is 6.27. The molecule has 2 aliphatic carbocycles. The summed E-state index contributed by atoms with van der Waals surface area (Å²) >= 11 is 0. The monoisotopic (exact) mass is 260 g/mol. The maximum atomic E-state index is 10.1. The van der Waals surface area contributed by atoms with Gasteiger partial charge in [0.15, 0.2) is 0 Å². The van der Waals surface area contributed by atoms with Crippen LogP contribution in [0.1, 0.15) is 38.5 Å². The molecule has 0 saturated heterocycles. The first-order valence-electron chi connectivity index (χ1n) is 7.67. The molecule has 0 spiro atoms. The van der Waals surface area contributed by atoms with E-state index in [1.54, 1.807) is 0 Å². The Morgan fingerprint density at radius 2 is 2.00 bits per heavy atom. The molecule has 2 fully saturated rings. The highest BCUT2D eigenvalue weighted by Crippen LogP contribution is 2.49. The Hall–Kier alpha value is -1.02. The van der Waals surface area contributed by atoms with E-state index in [9.17, 15) is 5.11 Å². The van der Waals surface area contributed by atoms with Crippen LogP contribution in [-0.2, 0) is 0 Å². The summed E-state index contributed by atoms with van der Waals surface area (Å²) < 4.78 is 5.64. The van der Waals surface area contributed by atoms with Crippen molar-refractivity contribution >= 4 is 0 Å². The predicted molar refractivity (Wildman–Crippen MR) is 76.1 cm³/mol. The van der Waals surface area contributed by atoms with Crippen LogP contribution in [0.15, 0.2) is 30.3 Å². The quantitative estimate of drug-likeness (QED) is 0.846. The minimum Gasteiger partial charge on any atom is -0.493 e. The number of ether oxygens (including phenoxy) is 1. The van der Waals surface area contributed by atoms with Crippen molar-refractivity contribution in [2.45, 2.75) is 44.6 Å². The van der Waals surface area contributed by atoms with Gasteiger partial charge in [-0.3, -0.25) is 0 Å². The molecule has 0 heterocycles. The van der Waals surface area contributed by atoms with Gasteiger partial charge in [-0.2, -0.15) is 0 Å². The van der Waals surface area contributed by atoms with E-state index in [1.807, 2.05) is 30.3 Å². The summed E-state index contributed by atoms with van der Waals surface area (Å²) in [6, 6.07) is 9.85. The van der Waals surface area contributed by atoms with Crippen LogP contribution in [-0.4, -0.2) is 17.8 Å². The Labute approximate surface area is 115 Å². The van der Waals surface area contributed by atoms with Gasteiger partial charge in [-0.1, -0.05) is 24.6 Å². The minimum atomic E-state index is -0.187. The van der Waals surface area contributed by atoms with Crippen molar-refractivity contribution in [3.63, 3.8) is 0 Å². The van der Waals surface area contributed by atoms with Crippen molar-refractivity contribution in [3.05, 3.63) is 30.3 Å². The SMILES string of the molecule is OC(CCOc1ccccc1)CC1CC2CCC1C2. The maximum absolute atomic E-state index is 10.1. The van der Waals surface area contributed by atoms with E-state index in [1.165, 1.54) is 25.7 Å². The fourth-order valence-corrected chi connectivity index (χ4v) is 3.96. The Bertz CT molecular complexity index is 390. The van der Waals surface area contributed by atoms with Gasteiger partial charge in [-0.05, 0) is 55.6 Å². The van der Waals surface area contributed by atoms with Gasteiger partial charge in [0.1, 0.15) is 5.75 Å². The molecule has 2 bridgehead atoms. The largest absolute Gasteiger partial charge is 0.493 e. The molecular formula is C17H24O2. The molecule has 2 heteroatoms. The minimum absolute atomic E-state index is 0.187. The van der Waals surface area contributed by atoms with Gasteiger partial charge in [0.2, 0.25) is 0 Å². The van der Waals surface area contributed by atoms with Crippen LogP contribution in [0.5, 0.6) is 5.75 Å². The Balaban J connectivity index is 1.36. The van der Waals surface area contributed by atoms with Gasteiger partial charge >= 0.3 is 0 Å². The fourth-order valence-electron chi connectivity index (χ4n) is 3.96. The predicted octanol–water partition coefficient (Wildman–Crippen LogP) is 3.64. The molecule has 1 aromatic rings. The zero-order chi connectivity index (χ0) is 13.1. The molecular weight excluding hydrogens is 236 g/mol. The number of aliphatic hydroxyl groups is 1. The number of hydrogen-bond donors (Lipinski definition) is 1. The second-order valence-electron chi connectivity index (χ2n) is 6.27. The molecule has 4 unspecified atom stereocenters. The fraction of sp³-hybridized carbons (Fsp3) is 0.647. The highest BCUT2D eigenvalue weighted by molar-refractivity contribution is 5.20. The van der Waals surface area contributed by atoms with E-state index in [0.29, 0.717) is 6.61 Å². The van der Waals surface area contributed by atoms with Crippen LogP contribution >= 0.6 is 0 Å². The van der Waals surface area contributed by atoms with Crippen LogP contribution < -0.4 is 4.74 Å². The molecule has 19 heavy (non-hydrogen) atoms.